The van der Waals surface area contributed by atoms with Crippen molar-refractivity contribution in [2.24, 2.45) is 0 Å². The Morgan fingerprint density at radius 1 is 0.571 bits per heavy atom. The predicted molar refractivity (Wildman–Crippen MR) is 128 cm³/mol. The zero-order valence-electron chi connectivity index (χ0n) is 19.0. The molecule has 0 aromatic heterocycles. The van der Waals surface area contributed by atoms with Crippen LogP contribution in [0.5, 0.6) is 0 Å². The van der Waals surface area contributed by atoms with Gasteiger partial charge in [0, 0.05) is 16.9 Å². The molecule has 1 unspecified atom stereocenters. The van der Waals surface area contributed by atoms with Crippen LogP contribution in [0.3, 0.4) is 0 Å². The molecule has 2 nitrogen and oxygen atoms in total. The van der Waals surface area contributed by atoms with Crippen LogP contribution in [-0.2, 0) is 0 Å². The highest BCUT2D eigenvalue weighted by molar-refractivity contribution is 5.62. The molecule has 2 heteroatoms. The first-order valence-electron chi connectivity index (χ1n) is 12.3. The molecule has 0 aliphatic heterocycles. The van der Waals surface area contributed by atoms with Gasteiger partial charge in [-0.05, 0) is 30.9 Å². The summed E-state index contributed by atoms with van der Waals surface area (Å²) >= 11 is 0. The normalized spacial score (nSPS) is 12.4. The molecule has 0 aliphatic carbocycles. The zero-order valence-corrected chi connectivity index (χ0v) is 19.0. The van der Waals surface area contributed by atoms with Crippen LogP contribution in [0.15, 0.2) is 18.2 Å². The Bertz CT molecular complexity index is 463. The van der Waals surface area contributed by atoms with Crippen molar-refractivity contribution in [1.82, 2.24) is 0 Å². The van der Waals surface area contributed by atoms with Gasteiger partial charge in [-0.1, -0.05) is 116 Å². The maximum Gasteiger partial charge on any atom is 0.0370 e. The molecule has 0 saturated heterocycles. The fourth-order valence-electron chi connectivity index (χ4n) is 4.37. The molecule has 162 valence electrons. The van der Waals surface area contributed by atoms with Crippen LogP contribution in [0.1, 0.15) is 134 Å². The van der Waals surface area contributed by atoms with Crippen molar-refractivity contribution >= 4 is 11.4 Å². The first-order valence-corrected chi connectivity index (χ1v) is 12.3. The number of nitrogen functional groups attached to an aromatic ring is 2. The van der Waals surface area contributed by atoms with E-state index in [4.69, 9.17) is 11.5 Å². The van der Waals surface area contributed by atoms with Crippen molar-refractivity contribution in [3.8, 4) is 0 Å². The highest BCUT2D eigenvalue weighted by Crippen LogP contribution is 2.35. The minimum atomic E-state index is 0.536. The average molecular weight is 389 g/mol. The second-order valence-corrected chi connectivity index (χ2v) is 8.72. The molecular formula is C26H48N2. The van der Waals surface area contributed by atoms with E-state index >= 15 is 0 Å². The van der Waals surface area contributed by atoms with Gasteiger partial charge in [0.15, 0.2) is 0 Å². The molecule has 0 heterocycles. The first-order chi connectivity index (χ1) is 13.7. The number of hydrogen-bond donors (Lipinski definition) is 2. The number of benzene rings is 1. The van der Waals surface area contributed by atoms with E-state index in [1.165, 1.54) is 115 Å². The van der Waals surface area contributed by atoms with Crippen molar-refractivity contribution < 1.29 is 0 Å². The van der Waals surface area contributed by atoms with Gasteiger partial charge in [-0.2, -0.15) is 0 Å². The second-order valence-electron chi connectivity index (χ2n) is 8.72. The van der Waals surface area contributed by atoms with Crippen LogP contribution < -0.4 is 11.5 Å². The summed E-state index contributed by atoms with van der Waals surface area (Å²) in [5.74, 6) is 0.536. The van der Waals surface area contributed by atoms with Gasteiger partial charge in [0.1, 0.15) is 0 Å². The molecule has 0 radical (unpaired) electrons. The average Bonchev–Trinajstić information content (AvgIpc) is 2.68. The Morgan fingerprint density at radius 3 is 1.43 bits per heavy atom. The largest absolute Gasteiger partial charge is 0.398 e. The van der Waals surface area contributed by atoms with Gasteiger partial charge in [0.25, 0.3) is 0 Å². The summed E-state index contributed by atoms with van der Waals surface area (Å²) in [4.78, 5) is 0. The summed E-state index contributed by atoms with van der Waals surface area (Å²) in [6, 6.07) is 5.99. The Morgan fingerprint density at radius 2 is 0.964 bits per heavy atom. The molecule has 0 saturated carbocycles. The Labute approximate surface area is 175 Å². The van der Waals surface area contributed by atoms with E-state index < -0.39 is 0 Å². The molecule has 0 spiro atoms. The van der Waals surface area contributed by atoms with Crippen LogP contribution in [0, 0.1) is 0 Å². The molecule has 1 aromatic rings. The quantitative estimate of drug-likeness (QED) is 0.195. The Kier molecular flexibility index (Phi) is 14.9. The SMILES string of the molecule is CCCCCCCCCCCCCCCC(CCCC)c1c(N)cccc1N. The topological polar surface area (TPSA) is 52.0 Å². The minimum absolute atomic E-state index is 0.536. The van der Waals surface area contributed by atoms with Crippen LogP contribution in [0.25, 0.3) is 0 Å². The highest BCUT2D eigenvalue weighted by atomic mass is 14.6. The maximum absolute atomic E-state index is 6.26. The Hall–Kier alpha value is -1.18. The lowest BCUT2D eigenvalue weighted by Crippen LogP contribution is -2.07. The first kappa shape index (κ1) is 24.9. The van der Waals surface area contributed by atoms with E-state index in [-0.39, 0.29) is 0 Å². The summed E-state index contributed by atoms with van der Waals surface area (Å²) in [5.41, 5.74) is 15.5. The summed E-state index contributed by atoms with van der Waals surface area (Å²) in [6.07, 6.45) is 23.3. The number of hydrogen-bond acceptors (Lipinski definition) is 2. The minimum Gasteiger partial charge on any atom is -0.398 e. The van der Waals surface area contributed by atoms with E-state index in [0.717, 1.165) is 11.4 Å². The third-order valence-electron chi connectivity index (χ3n) is 6.14. The van der Waals surface area contributed by atoms with Crippen LogP contribution in [0.2, 0.25) is 0 Å². The Balaban J connectivity index is 2.13. The fraction of sp³-hybridized carbons (Fsp3) is 0.769. The van der Waals surface area contributed by atoms with Crippen molar-refractivity contribution in [3.63, 3.8) is 0 Å². The molecule has 0 aliphatic rings. The zero-order chi connectivity index (χ0) is 20.5. The molecule has 28 heavy (non-hydrogen) atoms. The van der Waals surface area contributed by atoms with Crippen LogP contribution in [-0.4, -0.2) is 0 Å². The third-order valence-corrected chi connectivity index (χ3v) is 6.14. The van der Waals surface area contributed by atoms with Crippen LogP contribution >= 0.6 is 0 Å². The van der Waals surface area contributed by atoms with Gasteiger partial charge < -0.3 is 11.5 Å². The monoisotopic (exact) mass is 388 g/mol. The summed E-state index contributed by atoms with van der Waals surface area (Å²) < 4.78 is 0. The van der Waals surface area contributed by atoms with E-state index in [2.05, 4.69) is 13.8 Å². The van der Waals surface area contributed by atoms with E-state index in [1.807, 2.05) is 18.2 Å². The summed E-state index contributed by atoms with van der Waals surface area (Å²) in [5, 5.41) is 0. The van der Waals surface area contributed by atoms with Crippen molar-refractivity contribution in [2.45, 2.75) is 129 Å². The molecule has 1 aromatic carbocycles. The van der Waals surface area contributed by atoms with Gasteiger partial charge in [0.05, 0.1) is 0 Å². The fourth-order valence-corrected chi connectivity index (χ4v) is 4.37. The third kappa shape index (κ3) is 11.0. The van der Waals surface area contributed by atoms with E-state index in [9.17, 15) is 0 Å². The van der Waals surface area contributed by atoms with Gasteiger partial charge in [-0.25, -0.2) is 0 Å². The number of rotatable bonds is 18. The molecule has 0 fully saturated rings. The number of anilines is 2. The van der Waals surface area contributed by atoms with Gasteiger partial charge in [-0.3, -0.25) is 0 Å². The number of nitrogens with two attached hydrogens (primary N) is 2. The lowest BCUT2D eigenvalue weighted by Gasteiger charge is -2.21. The predicted octanol–water partition coefficient (Wildman–Crippen LogP) is 8.61. The van der Waals surface area contributed by atoms with Crippen molar-refractivity contribution in [2.75, 3.05) is 11.5 Å². The molecule has 1 rings (SSSR count). The van der Waals surface area contributed by atoms with Crippen molar-refractivity contribution in [1.29, 1.82) is 0 Å². The van der Waals surface area contributed by atoms with E-state index in [1.54, 1.807) is 0 Å². The highest BCUT2D eigenvalue weighted by Gasteiger charge is 2.16. The molecule has 0 bridgehead atoms. The van der Waals surface area contributed by atoms with E-state index in [0.29, 0.717) is 5.92 Å². The molecular weight excluding hydrogens is 340 g/mol. The van der Waals surface area contributed by atoms with Gasteiger partial charge >= 0.3 is 0 Å². The van der Waals surface area contributed by atoms with Gasteiger partial charge in [0.2, 0.25) is 0 Å². The second kappa shape index (κ2) is 16.7. The molecule has 1 atom stereocenters. The lowest BCUT2D eigenvalue weighted by atomic mass is 9.86. The molecule has 4 N–H and O–H groups in total. The summed E-state index contributed by atoms with van der Waals surface area (Å²) in [7, 11) is 0. The molecule has 0 amide bonds. The van der Waals surface area contributed by atoms with Crippen LogP contribution in [0.4, 0.5) is 11.4 Å². The lowest BCUT2D eigenvalue weighted by molar-refractivity contribution is 0.496. The summed E-state index contributed by atoms with van der Waals surface area (Å²) in [6.45, 7) is 4.55. The number of unbranched alkanes of at least 4 members (excludes halogenated alkanes) is 13. The van der Waals surface area contributed by atoms with Gasteiger partial charge in [-0.15, -0.1) is 0 Å². The maximum atomic E-state index is 6.26. The smallest absolute Gasteiger partial charge is 0.0370 e. The van der Waals surface area contributed by atoms with Crippen molar-refractivity contribution in [3.05, 3.63) is 23.8 Å². The standard InChI is InChI=1S/C26H48N2/c1-3-5-7-8-9-10-11-12-13-14-15-16-17-20-23(19-6-4-2)26-24(27)21-18-22-25(26)28/h18,21-23H,3-17,19-20,27-28H2,1-2H3.